The molecule has 0 N–H and O–H groups in total. The van der Waals surface area contributed by atoms with Gasteiger partial charge in [0, 0.05) is 4.88 Å². The van der Waals surface area contributed by atoms with Crippen molar-refractivity contribution in [3.63, 3.8) is 0 Å². The summed E-state index contributed by atoms with van der Waals surface area (Å²) in [4.78, 5) is 11.5. The van der Waals surface area contributed by atoms with Crippen molar-refractivity contribution in [1.82, 2.24) is 9.97 Å². The molecule has 0 aliphatic heterocycles. The van der Waals surface area contributed by atoms with E-state index in [1.54, 1.807) is 11.3 Å². The lowest BCUT2D eigenvalue weighted by Gasteiger charge is -2.02. The van der Waals surface area contributed by atoms with E-state index in [2.05, 4.69) is 42.2 Å². The monoisotopic (exact) mass is 336 g/mol. The normalized spacial score (nSPS) is 11.0. The summed E-state index contributed by atoms with van der Waals surface area (Å²) in [5.41, 5.74) is 4.85. The maximum absolute atomic E-state index is 6.38. The number of nitrogens with zero attached hydrogens (tertiary/aromatic N) is 2. The largest absolute Gasteiger partial charge is 0.242 e. The van der Waals surface area contributed by atoms with E-state index in [4.69, 9.17) is 16.6 Å². The molecule has 0 amide bonds. The molecule has 2 heterocycles. The number of rotatable bonds is 2. The molecule has 0 aliphatic rings. The minimum absolute atomic E-state index is 0.449. The van der Waals surface area contributed by atoms with E-state index in [9.17, 15) is 0 Å². The number of hydrogen-bond acceptors (Lipinski definition) is 3. The maximum Gasteiger partial charge on any atom is 0.156 e. The van der Waals surface area contributed by atoms with E-state index < -0.39 is 0 Å². The number of thiophene rings is 1. The molecule has 4 rings (SSSR count). The molecule has 0 saturated carbocycles. The minimum atomic E-state index is 0.449. The Balaban J connectivity index is 1.87. The van der Waals surface area contributed by atoms with Gasteiger partial charge in [-0.15, -0.1) is 11.3 Å². The molecule has 0 bridgehead atoms. The molecule has 4 aromatic rings. The van der Waals surface area contributed by atoms with Crippen LogP contribution in [0.4, 0.5) is 0 Å². The van der Waals surface area contributed by atoms with Crippen molar-refractivity contribution in [2.24, 2.45) is 0 Å². The van der Waals surface area contributed by atoms with Gasteiger partial charge in [0.1, 0.15) is 5.69 Å². The van der Waals surface area contributed by atoms with Gasteiger partial charge in [-0.25, -0.2) is 9.97 Å². The van der Waals surface area contributed by atoms with Crippen LogP contribution >= 0.6 is 22.9 Å². The van der Waals surface area contributed by atoms with Crippen molar-refractivity contribution in [2.75, 3.05) is 0 Å². The lowest BCUT2D eigenvalue weighted by atomic mass is 10.1. The van der Waals surface area contributed by atoms with Crippen molar-refractivity contribution >= 4 is 34.0 Å². The fraction of sp³-hybridized carbons (Fsp3) is 0.0526. The van der Waals surface area contributed by atoms with Gasteiger partial charge in [-0.2, -0.15) is 0 Å². The Morgan fingerprint density at radius 3 is 2.26 bits per heavy atom. The zero-order chi connectivity index (χ0) is 15.8. The summed E-state index contributed by atoms with van der Waals surface area (Å²) in [5.74, 6) is 0. The average molecular weight is 337 g/mol. The third-order valence-electron chi connectivity index (χ3n) is 3.76. The Labute approximate surface area is 143 Å². The second-order valence-corrected chi connectivity index (χ2v) is 6.91. The molecule has 0 unspecified atom stereocenters. The number of fused-ring (bicyclic) bond motifs is 1. The van der Waals surface area contributed by atoms with E-state index in [-0.39, 0.29) is 0 Å². The first kappa shape index (κ1) is 14.4. The van der Waals surface area contributed by atoms with Crippen molar-refractivity contribution in [3.05, 3.63) is 70.7 Å². The van der Waals surface area contributed by atoms with Crippen LogP contribution in [0.25, 0.3) is 32.7 Å². The molecule has 0 radical (unpaired) electrons. The van der Waals surface area contributed by atoms with Crippen LogP contribution < -0.4 is 0 Å². The van der Waals surface area contributed by atoms with Gasteiger partial charge < -0.3 is 0 Å². The lowest BCUT2D eigenvalue weighted by molar-refractivity contribution is 1.30. The molecule has 0 saturated heterocycles. The second kappa shape index (κ2) is 5.76. The van der Waals surface area contributed by atoms with E-state index in [1.807, 2.05) is 30.3 Å². The highest BCUT2D eigenvalue weighted by Gasteiger charge is 2.14. The molecule has 0 fully saturated rings. The van der Waals surface area contributed by atoms with E-state index >= 15 is 0 Å². The Kier molecular flexibility index (Phi) is 3.60. The summed E-state index contributed by atoms with van der Waals surface area (Å²) in [6.45, 7) is 2.12. The molecule has 2 aromatic carbocycles. The maximum atomic E-state index is 6.38. The van der Waals surface area contributed by atoms with Crippen LogP contribution in [0.15, 0.2) is 60.7 Å². The first-order valence-electron chi connectivity index (χ1n) is 7.31. The minimum Gasteiger partial charge on any atom is -0.242 e. The number of halogens is 1. The third-order valence-corrected chi connectivity index (χ3v) is 5.08. The summed E-state index contributed by atoms with van der Waals surface area (Å²) in [6, 6.07) is 20.3. The van der Waals surface area contributed by atoms with Gasteiger partial charge in [-0.1, -0.05) is 54.1 Å². The highest BCUT2D eigenvalue weighted by Crippen LogP contribution is 2.38. The standard InChI is InChI=1S/C19H13ClN2S/c1-12-14(13-7-3-2-4-8-13)11-17(23-12)18-19(20)22-16-10-6-5-9-15(16)21-18/h2-11H,1H3. The molecular weight excluding hydrogens is 324 g/mol. The van der Waals surface area contributed by atoms with Crippen LogP contribution in [0.1, 0.15) is 4.88 Å². The summed E-state index contributed by atoms with van der Waals surface area (Å²) in [5, 5.41) is 0.449. The zero-order valence-electron chi connectivity index (χ0n) is 12.5. The number of benzene rings is 2. The van der Waals surface area contributed by atoms with Crippen LogP contribution in [-0.2, 0) is 0 Å². The summed E-state index contributed by atoms with van der Waals surface area (Å²) in [7, 11) is 0. The Morgan fingerprint density at radius 1 is 0.870 bits per heavy atom. The summed E-state index contributed by atoms with van der Waals surface area (Å²) < 4.78 is 0. The number of hydrogen-bond donors (Lipinski definition) is 0. The number of aryl methyl sites for hydroxylation is 1. The van der Waals surface area contributed by atoms with E-state index in [0.29, 0.717) is 5.15 Å². The van der Waals surface area contributed by atoms with Crippen LogP contribution in [0.3, 0.4) is 0 Å². The smallest absolute Gasteiger partial charge is 0.156 e. The third kappa shape index (κ3) is 2.62. The highest BCUT2D eigenvalue weighted by molar-refractivity contribution is 7.16. The Hall–Kier alpha value is -2.23. The second-order valence-electron chi connectivity index (χ2n) is 5.30. The first-order valence-corrected chi connectivity index (χ1v) is 8.50. The van der Waals surface area contributed by atoms with Gasteiger partial charge in [0.05, 0.1) is 15.9 Å². The van der Waals surface area contributed by atoms with Crippen LogP contribution in [0.5, 0.6) is 0 Å². The number of para-hydroxylation sites is 2. The SMILES string of the molecule is Cc1sc(-c2nc3ccccc3nc2Cl)cc1-c1ccccc1. The number of aromatic nitrogens is 2. The van der Waals surface area contributed by atoms with Crippen molar-refractivity contribution < 1.29 is 0 Å². The molecule has 4 heteroatoms. The van der Waals surface area contributed by atoms with Crippen LogP contribution in [0.2, 0.25) is 5.15 Å². The zero-order valence-corrected chi connectivity index (χ0v) is 14.0. The fourth-order valence-corrected chi connectivity index (χ4v) is 3.96. The molecule has 0 spiro atoms. The summed E-state index contributed by atoms with van der Waals surface area (Å²) in [6.07, 6.45) is 0. The van der Waals surface area contributed by atoms with Gasteiger partial charge in [0.25, 0.3) is 0 Å². The van der Waals surface area contributed by atoms with Crippen molar-refractivity contribution in [1.29, 1.82) is 0 Å². The van der Waals surface area contributed by atoms with Crippen molar-refractivity contribution in [2.45, 2.75) is 6.92 Å². The molecular formula is C19H13ClN2S. The topological polar surface area (TPSA) is 25.8 Å². The lowest BCUT2D eigenvalue weighted by Crippen LogP contribution is -1.89. The summed E-state index contributed by atoms with van der Waals surface area (Å²) >= 11 is 8.08. The van der Waals surface area contributed by atoms with Gasteiger partial charge in [0.2, 0.25) is 0 Å². The Morgan fingerprint density at radius 2 is 1.52 bits per heavy atom. The van der Waals surface area contributed by atoms with Gasteiger partial charge >= 0.3 is 0 Å². The van der Waals surface area contributed by atoms with Gasteiger partial charge in [0.15, 0.2) is 5.15 Å². The first-order chi connectivity index (χ1) is 11.2. The molecule has 0 aliphatic carbocycles. The predicted molar refractivity (Wildman–Crippen MR) is 98.0 cm³/mol. The molecule has 112 valence electrons. The quantitative estimate of drug-likeness (QED) is 0.449. The molecule has 2 nitrogen and oxygen atoms in total. The Bertz CT molecular complexity index is 993. The van der Waals surface area contributed by atoms with E-state index in [0.717, 1.165) is 21.6 Å². The fourth-order valence-electron chi connectivity index (χ4n) is 2.64. The highest BCUT2D eigenvalue weighted by atomic mass is 35.5. The van der Waals surface area contributed by atoms with Gasteiger partial charge in [-0.3, -0.25) is 0 Å². The molecule has 0 atom stereocenters. The predicted octanol–water partition coefficient (Wildman–Crippen LogP) is 5.99. The van der Waals surface area contributed by atoms with Crippen LogP contribution in [-0.4, -0.2) is 9.97 Å². The van der Waals surface area contributed by atoms with Crippen LogP contribution in [0, 0.1) is 6.92 Å². The van der Waals surface area contributed by atoms with Crippen molar-refractivity contribution in [3.8, 4) is 21.7 Å². The van der Waals surface area contributed by atoms with E-state index in [1.165, 1.54) is 16.0 Å². The average Bonchev–Trinajstić information content (AvgIpc) is 2.96. The molecule has 23 heavy (non-hydrogen) atoms. The molecule has 2 aromatic heterocycles. The van der Waals surface area contributed by atoms with Gasteiger partial charge in [-0.05, 0) is 36.2 Å².